The Labute approximate surface area is 275 Å². The predicted octanol–water partition coefficient (Wildman–Crippen LogP) is 2.70. The summed E-state index contributed by atoms with van der Waals surface area (Å²) < 4.78 is 24.0. The highest BCUT2D eigenvalue weighted by Crippen LogP contribution is 2.50. The molecule has 4 rings (SSSR count). The molecule has 0 bridgehead atoms. The van der Waals surface area contributed by atoms with Crippen molar-refractivity contribution in [2.45, 2.75) is 122 Å². The summed E-state index contributed by atoms with van der Waals surface area (Å²) in [7, 11) is 0. The third-order valence-corrected chi connectivity index (χ3v) is 8.16. The Morgan fingerprint density at radius 2 is 1.66 bits per heavy atom. The number of hydrogen-bond acceptors (Lipinski definition) is 10. The van der Waals surface area contributed by atoms with E-state index in [2.05, 4.69) is 16.0 Å². The zero-order valence-corrected chi connectivity index (χ0v) is 28.0. The molecule has 13 nitrogen and oxygen atoms in total. The molecule has 0 aromatic heterocycles. The summed E-state index contributed by atoms with van der Waals surface area (Å²) in [5.41, 5.74) is 1.39. The molecule has 1 aliphatic carbocycles. The smallest absolute Gasteiger partial charge is 0.305 e. The minimum Gasteiger partial charge on any atom is -0.487 e. The average Bonchev–Trinajstić information content (AvgIpc) is 3.43. The predicted molar refractivity (Wildman–Crippen MR) is 170 cm³/mol. The van der Waals surface area contributed by atoms with Gasteiger partial charge in [0.1, 0.15) is 30.1 Å². The largest absolute Gasteiger partial charge is 0.487 e. The molecule has 4 unspecified atom stereocenters. The van der Waals surface area contributed by atoms with Crippen LogP contribution >= 0.6 is 0 Å². The lowest BCUT2D eigenvalue weighted by molar-refractivity contribution is -0.191. The highest BCUT2D eigenvalue weighted by Gasteiger charge is 2.56. The molecule has 1 aromatic carbocycles. The third kappa shape index (κ3) is 8.76. The normalized spacial score (nSPS) is 22.7. The molecule has 1 aromatic rings. The van der Waals surface area contributed by atoms with Gasteiger partial charge >= 0.3 is 11.9 Å². The Bertz CT molecular complexity index is 1400. The van der Waals surface area contributed by atoms with Gasteiger partial charge in [-0.3, -0.25) is 24.0 Å². The van der Waals surface area contributed by atoms with E-state index in [9.17, 15) is 24.0 Å². The number of esters is 1. The van der Waals surface area contributed by atoms with E-state index in [-0.39, 0.29) is 56.8 Å². The van der Waals surface area contributed by atoms with E-state index in [1.165, 1.54) is 0 Å². The summed E-state index contributed by atoms with van der Waals surface area (Å²) in [5.74, 6) is -4.10. The second-order valence-electron chi connectivity index (χ2n) is 13.5. The molecule has 3 aliphatic rings. The van der Waals surface area contributed by atoms with Crippen LogP contribution < -0.4 is 16.0 Å². The highest BCUT2D eigenvalue weighted by molar-refractivity contribution is 6.10. The van der Waals surface area contributed by atoms with Crippen molar-refractivity contribution in [3.8, 4) is 0 Å². The summed E-state index contributed by atoms with van der Waals surface area (Å²) in [6, 6.07) is 5.09. The van der Waals surface area contributed by atoms with E-state index < -0.39 is 53.3 Å². The lowest BCUT2D eigenvalue weighted by atomic mass is 9.79. The summed E-state index contributed by atoms with van der Waals surface area (Å²) >= 11 is 0. The molecule has 2 aliphatic heterocycles. The molecule has 4 N–H and O–H groups in total. The number of hydrogen-bond donors (Lipinski definition) is 4. The van der Waals surface area contributed by atoms with E-state index in [4.69, 9.17) is 24.1 Å². The van der Waals surface area contributed by atoms with Gasteiger partial charge in [-0.25, -0.2) is 0 Å². The average molecular weight is 658 g/mol. The summed E-state index contributed by atoms with van der Waals surface area (Å²) in [6.07, 6.45) is 0.0202. The second kappa shape index (κ2) is 15.0. The Hall–Kier alpha value is -3.81. The molecule has 258 valence electrons. The quantitative estimate of drug-likeness (QED) is 0.216. The van der Waals surface area contributed by atoms with E-state index >= 15 is 0 Å². The van der Waals surface area contributed by atoms with E-state index in [0.717, 1.165) is 5.56 Å². The molecule has 13 heteroatoms. The van der Waals surface area contributed by atoms with Crippen LogP contribution in [0.1, 0.15) is 91.2 Å². The van der Waals surface area contributed by atoms with Gasteiger partial charge in [-0.05, 0) is 53.4 Å². The van der Waals surface area contributed by atoms with Gasteiger partial charge in [-0.1, -0.05) is 38.1 Å². The maximum Gasteiger partial charge on any atom is 0.305 e. The molecular weight excluding hydrogens is 610 g/mol. The summed E-state index contributed by atoms with van der Waals surface area (Å²) in [5, 5.41) is 17.5. The number of carbonyl (C=O) groups is 5. The first-order chi connectivity index (χ1) is 22.1. The number of nitrogens with one attached hydrogen (secondary N) is 3. The van der Waals surface area contributed by atoms with Crippen molar-refractivity contribution in [3.63, 3.8) is 0 Å². The maximum atomic E-state index is 13.8. The van der Waals surface area contributed by atoms with Crippen LogP contribution in [0.3, 0.4) is 0 Å². The molecule has 0 saturated carbocycles. The Morgan fingerprint density at radius 3 is 2.34 bits per heavy atom. The lowest BCUT2D eigenvalue weighted by Crippen LogP contribution is -2.54. The molecule has 47 heavy (non-hydrogen) atoms. The zero-order chi connectivity index (χ0) is 34.5. The Kier molecular flexibility index (Phi) is 11.5. The zero-order valence-electron chi connectivity index (χ0n) is 28.0. The number of carboxylic acid groups (broad SMARTS) is 1. The van der Waals surface area contributed by atoms with Crippen molar-refractivity contribution in [2.24, 2.45) is 0 Å². The van der Waals surface area contributed by atoms with Crippen LogP contribution in [-0.4, -0.2) is 83.7 Å². The van der Waals surface area contributed by atoms with Gasteiger partial charge in [0.05, 0.1) is 12.6 Å². The van der Waals surface area contributed by atoms with Crippen molar-refractivity contribution in [3.05, 3.63) is 41.0 Å². The van der Waals surface area contributed by atoms with Crippen LogP contribution in [0.5, 0.6) is 0 Å². The first kappa shape index (κ1) is 36.0. The molecule has 1 fully saturated rings. The van der Waals surface area contributed by atoms with Crippen molar-refractivity contribution in [1.29, 1.82) is 0 Å². The van der Waals surface area contributed by atoms with Crippen LogP contribution in [0.15, 0.2) is 29.8 Å². The molecule has 4 atom stereocenters. The molecule has 1 spiro atoms. The van der Waals surface area contributed by atoms with Gasteiger partial charge in [0.2, 0.25) is 17.6 Å². The lowest BCUT2D eigenvalue weighted by Gasteiger charge is -2.41. The second-order valence-corrected chi connectivity index (χ2v) is 13.5. The molecule has 0 radical (unpaired) electrons. The fourth-order valence-electron chi connectivity index (χ4n) is 5.91. The first-order valence-electron chi connectivity index (χ1n) is 16.2. The summed E-state index contributed by atoms with van der Waals surface area (Å²) in [6.45, 7) is 11.0. The monoisotopic (exact) mass is 657 g/mol. The number of aliphatic carboxylic acids is 1. The number of ketones is 1. The molecule has 1 saturated heterocycles. The highest BCUT2D eigenvalue weighted by atomic mass is 16.8. The van der Waals surface area contributed by atoms with Crippen molar-refractivity contribution in [1.82, 2.24) is 16.0 Å². The van der Waals surface area contributed by atoms with Gasteiger partial charge in [0, 0.05) is 41.6 Å². The number of rotatable bonds is 14. The number of benzene rings is 1. The van der Waals surface area contributed by atoms with Gasteiger partial charge in [0.15, 0.2) is 0 Å². The minimum atomic E-state index is -1.65. The van der Waals surface area contributed by atoms with E-state index in [0.29, 0.717) is 29.7 Å². The topological polar surface area (TPSA) is 179 Å². The fraction of sp³-hybridized carbons (Fsp3) is 0.618. The van der Waals surface area contributed by atoms with Crippen LogP contribution in [0.4, 0.5) is 0 Å². The first-order valence-corrected chi connectivity index (χ1v) is 16.2. The molecule has 2 amide bonds. The Morgan fingerprint density at radius 1 is 0.979 bits per heavy atom. The van der Waals surface area contributed by atoms with E-state index in [1.54, 1.807) is 26.0 Å². The van der Waals surface area contributed by atoms with Gasteiger partial charge in [0.25, 0.3) is 5.79 Å². The number of carboxylic acids is 1. The number of fused-ring (bicyclic) bond motifs is 3. The number of carbonyl (C=O) groups excluding carboxylic acids is 4. The summed E-state index contributed by atoms with van der Waals surface area (Å²) in [4.78, 5) is 63.6. The minimum absolute atomic E-state index is 0.0262. The van der Waals surface area contributed by atoms with Crippen LogP contribution in [0.25, 0.3) is 5.76 Å². The number of amides is 2. The van der Waals surface area contributed by atoms with Gasteiger partial charge in [-0.15, -0.1) is 0 Å². The van der Waals surface area contributed by atoms with Crippen molar-refractivity contribution in [2.75, 3.05) is 13.2 Å². The Balaban J connectivity index is 1.36. The van der Waals surface area contributed by atoms with Crippen LogP contribution in [0.2, 0.25) is 0 Å². The SMILES string of the molecule is CC(C)NC(=O)C(CCC(=O)O)NC(=O)C(CCC(=O)OCC1COC2(O1)C(=O)C1=C(OC(C)(C)CC1)c1ccccc12)NC(C)C. The standard InChI is InChI=1S/C34H47N3O10/c1-19(2)35-25(32(43)37-26(11-13-27(38)39)31(42)36-20(3)4)12-14-28(40)44-17-21-18-45-34(46-21)24-10-8-7-9-22(24)29-23(30(34)41)15-16-33(5,6)47-29/h7-10,19-21,25-26,35H,11-18H2,1-6H3,(H,36,42)(H,37,43)(H,38,39). The van der Waals surface area contributed by atoms with Crippen molar-refractivity contribution < 1.29 is 48.0 Å². The van der Waals surface area contributed by atoms with Gasteiger partial charge in [-0.2, -0.15) is 0 Å². The molecular formula is C34H47N3O10. The third-order valence-electron chi connectivity index (χ3n) is 8.16. The number of Topliss-reactive ketones (excluding diaryl/α,β-unsaturated/α-hetero) is 1. The maximum absolute atomic E-state index is 13.8. The molecule has 2 heterocycles. The van der Waals surface area contributed by atoms with Crippen LogP contribution in [0, 0.1) is 0 Å². The van der Waals surface area contributed by atoms with E-state index in [1.807, 2.05) is 39.8 Å². The van der Waals surface area contributed by atoms with Crippen molar-refractivity contribution >= 4 is 35.3 Å². The number of ether oxygens (including phenoxy) is 4. The fourth-order valence-corrected chi connectivity index (χ4v) is 5.91. The van der Waals surface area contributed by atoms with Gasteiger partial charge < -0.3 is 40.0 Å². The van der Waals surface area contributed by atoms with Crippen LogP contribution in [-0.2, 0) is 48.7 Å².